The number of imidazole rings is 1. The predicted molar refractivity (Wildman–Crippen MR) is 84.8 cm³/mol. The Morgan fingerprint density at radius 3 is 2.52 bits per heavy atom. The van der Waals surface area contributed by atoms with Gasteiger partial charge in [-0.25, -0.2) is 4.98 Å². The Kier molecular flexibility index (Phi) is 3.66. The van der Waals surface area contributed by atoms with Crippen LogP contribution in [0.4, 0.5) is 14.7 Å². The van der Waals surface area contributed by atoms with Crippen LogP contribution in [0.3, 0.4) is 0 Å². The van der Waals surface area contributed by atoms with Crippen LogP contribution < -0.4 is 10.5 Å². The molecule has 1 aromatic heterocycles. The number of alkyl halides is 2. The molecule has 0 radical (unpaired) electrons. The molecule has 0 aliphatic carbocycles. The van der Waals surface area contributed by atoms with Gasteiger partial charge in [-0.3, -0.25) is 4.57 Å². The Labute approximate surface area is 132 Å². The number of benzene rings is 2. The first kappa shape index (κ1) is 14.1. The van der Waals surface area contributed by atoms with Crippen molar-refractivity contribution in [3.63, 3.8) is 0 Å². The minimum atomic E-state index is -2.84. The minimum absolute atomic E-state index is 0.103. The number of halogens is 3. The molecule has 3 rings (SSSR count). The number of fused-ring (bicyclic) bond motifs is 1. The van der Waals surface area contributed by atoms with Crippen molar-refractivity contribution in [2.45, 2.75) is 6.61 Å². The molecule has 0 aliphatic heterocycles. The number of nitrogens with two attached hydrogens (primary N) is 1. The third-order valence-electron chi connectivity index (χ3n) is 2.96. The number of aromatic nitrogens is 2. The molecular weight excluding hydrogens is 391 g/mol. The van der Waals surface area contributed by atoms with Crippen LogP contribution >= 0.6 is 22.6 Å². The maximum Gasteiger partial charge on any atom is 0.387 e. The van der Waals surface area contributed by atoms with Gasteiger partial charge in [-0.05, 0) is 65.1 Å². The molecule has 0 fully saturated rings. The summed E-state index contributed by atoms with van der Waals surface area (Å²) >= 11 is 2.20. The van der Waals surface area contributed by atoms with Gasteiger partial charge in [0.05, 0.1) is 11.0 Å². The van der Waals surface area contributed by atoms with Crippen molar-refractivity contribution in [1.82, 2.24) is 9.55 Å². The summed E-state index contributed by atoms with van der Waals surface area (Å²) in [5, 5.41) is 0. The Hall–Kier alpha value is -1.90. The average Bonchev–Trinajstić information content (AvgIpc) is 2.74. The summed E-state index contributed by atoms with van der Waals surface area (Å²) in [6, 6.07) is 12.1. The molecule has 21 heavy (non-hydrogen) atoms. The van der Waals surface area contributed by atoms with Crippen molar-refractivity contribution < 1.29 is 13.5 Å². The summed E-state index contributed by atoms with van der Waals surface area (Å²) in [5.74, 6) is 0.445. The summed E-state index contributed by atoms with van der Waals surface area (Å²) in [4.78, 5) is 4.31. The van der Waals surface area contributed by atoms with Gasteiger partial charge in [-0.2, -0.15) is 8.78 Å². The van der Waals surface area contributed by atoms with Gasteiger partial charge in [0.2, 0.25) is 5.95 Å². The highest BCUT2D eigenvalue weighted by Crippen LogP contribution is 2.26. The largest absolute Gasteiger partial charge is 0.435 e. The van der Waals surface area contributed by atoms with Gasteiger partial charge in [-0.15, -0.1) is 0 Å². The SMILES string of the molecule is Nc1nc2cc(I)ccc2n1-c1ccc(OC(F)F)cc1. The summed E-state index contributed by atoms with van der Waals surface area (Å²) in [7, 11) is 0. The van der Waals surface area contributed by atoms with Gasteiger partial charge in [0.1, 0.15) is 5.75 Å². The van der Waals surface area contributed by atoms with Crippen molar-refractivity contribution in [1.29, 1.82) is 0 Å². The van der Waals surface area contributed by atoms with Crippen molar-refractivity contribution in [3.05, 3.63) is 46.0 Å². The molecule has 2 aromatic carbocycles. The van der Waals surface area contributed by atoms with Crippen molar-refractivity contribution in [2.24, 2.45) is 0 Å². The molecule has 3 aromatic rings. The second-order valence-electron chi connectivity index (χ2n) is 4.31. The molecule has 0 aliphatic rings. The lowest BCUT2D eigenvalue weighted by atomic mass is 10.2. The van der Waals surface area contributed by atoms with Crippen LogP contribution in [-0.4, -0.2) is 16.2 Å². The zero-order valence-electron chi connectivity index (χ0n) is 10.6. The Bertz CT molecular complexity index is 787. The van der Waals surface area contributed by atoms with Gasteiger partial charge in [0, 0.05) is 9.26 Å². The first-order chi connectivity index (χ1) is 10.0. The van der Waals surface area contributed by atoms with E-state index in [1.807, 2.05) is 18.2 Å². The van der Waals surface area contributed by atoms with Crippen molar-refractivity contribution in [3.8, 4) is 11.4 Å². The van der Waals surface area contributed by atoms with Gasteiger partial charge < -0.3 is 10.5 Å². The minimum Gasteiger partial charge on any atom is -0.435 e. The quantitative estimate of drug-likeness (QED) is 0.680. The molecule has 2 N–H and O–H groups in total. The predicted octanol–water partition coefficient (Wildman–Crippen LogP) is 3.81. The number of ether oxygens (including phenoxy) is 1. The van der Waals surface area contributed by atoms with E-state index in [1.54, 1.807) is 16.7 Å². The standard InChI is InChI=1S/C14H10F2IN3O/c15-13(16)21-10-4-2-9(3-5-10)20-12-6-1-8(17)7-11(12)19-14(20)18/h1-7,13H,(H2,18,19). The van der Waals surface area contributed by atoms with Crippen LogP contribution in [-0.2, 0) is 0 Å². The van der Waals surface area contributed by atoms with E-state index in [0.717, 1.165) is 20.3 Å². The van der Waals surface area contributed by atoms with E-state index in [2.05, 4.69) is 32.3 Å². The highest BCUT2D eigenvalue weighted by Gasteiger charge is 2.11. The maximum absolute atomic E-state index is 12.1. The molecule has 0 saturated carbocycles. The fourth-order valence-electron chi connectivity index (χ4n) is 2.12. The van der Waals surface area contributed by atoms with Crippen LogP contribution in [0.25, 0.3) is 16.7 Å². The summed E-state index contributed by atoms with van der Waals surface area (Å²) < 4.78 is 31.4. The zero-order chi connectivity index (χ0) is 15.0. The summed E-state index contributed by atoms with van der Waals surface area (Å²) in [5.41, 5.74) is 8.33. The van der Waals surface area contributed by atoms with E-state index in [4.69, 9.17) is 5.73 Å². The van der Waals surface area contributed by atoms with Crippen LogP contribution in [0.2, 0.25) is 0 Å². The summed E-state index contributed by atoms with van der Waals surface area (Å²) in [6.45, 7) is -2.84. The van der Waals surface area contributed by atoms with Crippen LogP contribution in [0.15, 0.2) is 42.5 Å². The third-order valence-corrected chi connectivity index (χ3v) is 3.63. The highest BCUT2D eigenvalue weighted by molar-refractivity contribution is 14.1. The maximum atomic E-state index is 12.1. The lowest BCUT2D eigenvalue weighted by Crippen LogP contribution is -2.03. The van der Waals surface area contributed by atoms with Crippen molar-refractivity contribution in [2.75, 3.05) is 5.73 Å². The van der Waals surface area contributed by atoms with Crippen LogP contribution in [0.1, 0.15) is 0 Å². The molecular formula is C14H10F2IN3O. The van der Waals surface area contributed by atoms with E-state index in [0.29, 0.717) is 5.95 Å². The Balaban J connectivity index is 2.05. The Morgan fingerprint density at radius 1 is 1.14 bits per heavy atom. The molecule has 0 spiro atoms. The third kappa shape index (κ3) is 2.78. The van der Waals surface area contributed by atoms with Gasteiger partial charge >= 0.3 is 6.61 Å². The van der Waals surface area contributed by atoms with Crippen LogP contribution in [0, 0.1) is 3.57 Å². The molecule has 7 heteroatoms. The van der Waals surface area contributed by atoms with Gasteiger partial charge in [0.15, 0.2) is 0 Å². The monoisotopic (exact) mass is 401 g/mol. The van der Waals surface area contributed by atoms with E-state index in [-0.39, 0.29) is 5.75 Å². The van der Waals surface area contributed by atoms with E-state index in [1.165, 1.54) is 12.1 Å². The highest BCUT2D eigenvalue weighted by atomic mass is 127. The smallest absolute Gasteiger partial charge is 0.387 e. The normalized spacial score (nSPS) is 11.2. The molecule has 0 atom stereocenters. The Morgan fingerprint density at radius 2 is 1.86 bits per heavy atom. The topological polar surface area (TPSA) is 53.1 Å². The van der Waals surface area contributed by atoms with Crippen molar-refractivity contribution >= 4 is 39.6 Å². The molecule has 0 bridgehead atoms. The molecule has 4 nitrogen and oxygen atoms in total. The second-order valence-corrected chi connectivity index (χ2v) is 5.56. The number of nitrogens with zero attached hydrogens (tertiary/aromatic N) is 2. The number of anilines is 1. The molecule has 1 heterocycles. The lowest BCUT2D eigenvalue weighted by Gasteiger charge is -2.08. The van der Waals surface area contributed by atoms with Crippen LogP contribution in [0.5, 0.6) is 5.75 Å². The number of hydrogen-bond donors (Lipinski definition) is 1. The molecule has 0 saturated heterocycles. The lowest BCUT2D eigenvalue weighted by molar-refractivity contribution is -0.0498. The fraction of sp³-hybridized carbons (Fsp3) is 0.0714. The average molecular weight is 401 g/mol. The first-order valence-corrected chi connectivity index (χ1v) is 7.11. The summed E-state index contributed by atoms with van der Waals surface area (Å²) in [6.07, 6.45) is 0. The molecule has 0 amide bonds. The molecule has 108 valence electrons. The van der Waals surface area contributed by atoms with E-state index >= 15 is 0 Å². The van der Waals surface area contributed by atoms with Gasteiger partial charge in [0.25, 0.3) is 0 Å². The first-order valence-electron chi connectivity index (χ1n) is 6.03. The number of rotatable bonds is 3. The second kappa shape index (κ2) is 5.47. The number of nitrogen functional groups attached to an aromatic ring is 1. The molecule has 0 unspecified atom stereocenters. The fourth-order valence-corrected chi connectivity index (χ4v) is 2.59. The van der Waals surface area contributed by atoms with E-state index < -0.39 is 6.61 Å². The van der Waals surface area contributed by atoms with E-state index in [9.17, 15) is 8.78 Å². The van der Waals surface area contributed by atoms with Gasteiger partial charge in [-0.1, -0.05) is 0 Å². The zero-order valence-corrected chi connectivity index (χ0v) is 12.8. The number of hydrogen-bond acceptors (Lipinski definition) is 3.